The van der Waals surface area contributed by atoms with E-state index in [0.717, 1.165) is 62.0 Å². The Hall–Kier alpha value is -3.60. The molecule has 3 fully saturated rings. The highest BCUT2D eigenvalue weighted by atomic mass is 19.1. The van der Waals surface area contributed by atoms with Gasteiger partial charge in [0.15, 0.2) is 11.6 Å². The number of halogens is 1. The van der Waals surface area contributed by atoms with E-state index in [0.29, 0.717) is 28.9 Å². The molecule has 38 heavy (non-hydrogen) atoms. The van der Waals surface area contributed by atoms with E-state index in [2.05, 4.69) is 20.9 Å². The molecule has 1 aromatic carbocycles. The van der Waals surface area contributed by atoms with Crippen LogP contribution in [-0.4, -0.2) is 41.3 Å². The number of pyridine rings is 2. The molecule has 0 unspecified atom stereocenters. The minimum atomic E-state index is -0.285. The van der Waals surface area contributed by atoms with Gasteiger partial charge in [-0.2, -0.15) is 5.26 Å². The summed E-state index contributed by atoms with van der Waals surface area (Å²) in [6.07, 6.45) is 8.66. The van der Waals surface area contributed by atoms with E-state index in [1.54, 1.807) is 35.9 Å². The number of benzene rings is 1. The van der Waals surface area contributed by atoms with Crippen LogP contribution in [0.15, 0.2) is 41.2 Å². The molecule has 3 aliphatic rings. The monoisotopic (exact) mass is 515 g/mol. The van der Waals surface area contributed by atoms with Gasteiger partial charge in [-0.05, 0) is 81.5 Å². The maximum Gasteiger partial charge on any atom is 0.252 e. The van der Waals surface area contributed by atoms with Crippen molar-refractivity contribution in [3.8, 4) is 11.8 Å². The molecule has 0 amide bonds. The quantitative estimate of drug-likeness (QED) is 0.413. The number of nitriles is 1. The number of aromatic nitrogens is 2. The molecule has 3 saturated carbocycles. The van der Waals surface area contributed by atoms with Crippen molar-refractivity contribution in [1.29, 1.82) is 5.26 Å². The Bertz CT molecular complexity index is 1450. The second-order valence-corrected chi connectivity index (χ2v) is 11.2. The molecule has 0 spiro atoms. The van der Waals surface area contributed by atoms with E-state index in [9.17, 15) is 14.4 Å². The highest BCUT2D eigenvalue weighted by Crippen LogP contribution is 2.39. The molecule has 2 aromatic heterocycles. The normalized spacial score (nSPS) is 21.2. The average molecular weight is 516 g/mol. The lowest BCUT2D eigenvalue weighted by atomic mass is 9.88. The molecule has 0 atom stereocenters. The first-order valence-electron chi connectivity index (χ1n) is 13.8. The molecule has 0 N–H and O–H groups in total. The third-order valence-corrected chi connectivity index (χ3v) is 8.43. The molecule has 0 radical (unpaired) electrons. The lowest BCUT2D eigenvalue weighted by Crippen LogP contribution is -2.44. The van der Waals surface area contributed by atoms with Gasteiger partial charge < -0.3 is 19.1 Å². The molecule has 0 saturated heterocycles. The summed E-state index contributed by atoms with van der Waals surface area (Å²) in [6.45, 7) is 1.000. The molecule has 8 heteroatoms. The van der Waals surface area contributed by atoms with Crippen molar-refractivity contribution >= 4 is 22.4 Å². The summed E-state index contributed by atoms with van der Waals surface area (Å²) in [7, 11) is 3.77. The van der Waals surface area contributed by atoms with E-state index < -0.39 is 0 Å². The average Bonchev–Trinajstić information content (AvgIpc) is 3.87. The van der Waals surface area contributed by atoms with Crippen LogP contribution >= 0.6 is 0 Å². The van der Waals surface area contributed by atoms with Crippen LogP contribution in [0, 0.1) is 23.1 Å². The van der Waals surface area contributed by atoms with Crippen molar-refractivity contribution in [3.63, 3.8) is 0 Å². The summed E-state index contributed by atoms with van der Waals surface area (Å²) in [4.78, 5) is 22.0. The van der Waals surface area contributed by atoms with Gasteiger partial charge in [0.05, 0.1) is 17.3 Å². The third-order valence-electron chi connectivity index (χ3n) is 8.43. The lowest BCUT2D eigenvalue weighted by molar-refractivity contribution is 0.287. The van der Waals surface area contributed by atoms with Crippen LogP contribution in [-0.2, 0) is 7.05 Å². The zero-order chi connectivity index (χ0) is 26.4. The van der Waals surface area contributed by atoms with Gasteiger partial charge in [0.25, 0.3) is 5.56 Å². The van der Waals surface area contributed by atoms with Gasteiger partial charge in [-0.1, -0.05) is 0 Å². The third kappa shape index (κ3) is 4.94. The number of ether oxygens (including phenoxy) is 1. The predicted octanol–water partition coefficient (Wildman–Crippen LogP) is 5.15. The summed E-state index contributed by atoms with van der Waals surface area (Å²) >= 11 is 0. The van der Waals surface area contributed by atoms with E-state index in [4.69, 9.17) is 4.74 Å². The Kier molecular flexibility index (Phi) is 6.46. The molecule has 7 nitrogen and oxygen atoms in total. The molecule has 0 aliphatic heterocycles. The second kappa shape index (κ2) is 9.94. The van der Waals surface area contributed by atoms with Crippen molar-refractivity contribution in [2.75, 3.05) is 23.4 Å². The summed E-state index contributed by atoms with van der Waals surface area (Å²) in [6, 6.07) is 13.2. The Morgan fingerprint density at radius 2 is 1.79 bits per heavy atom. The van der Waals surface area contributed by atoms with Crippen molar-refractivity contribution in [1.82, 2.24) is 9.55 Å². The zero-order valence-electron chi connectivity index (χ0n) is 22.1. The number of anilines is 2. The minimum absolute atomic E-state index is 0.0873. The summed E-state index contributed by atoms with van der Waals surface area (Å²) < 4.78 is 21.9. The first kappa shape index (κ1) is 24.7. The van der Waals surface area contributed by atoms with E-state index in [1.807, 2.05) is 19.2 Å². The van der Waals surface area contributed by atoms with Crippen LogP contribution in [0.5, 0.6) is 5.75 Å². The summed E-state index contributed by atoms with van der Waals surface area (Å²) in [5.41, 5.74) is 3.49. The van der Waals surface area contributed by atoms with Gasteiger partial charge in [-0.3, -0.25) is 4.79 Å². The van der Waals surface area contributed by atoms with Crippen LogP contribution < -0.4 is 20.1 Å². The molecule has 3 aromatic rings. The van der Waals surface area contributed by atoms with Gasteiger partial charge in [-0.15, -0.1) is 0 Å². The molecular weight excluding hydrogens is 481 g/mol. The van der Waals surface area contributed by atoms with Crippen molar-refractivity contribution in [2.45, 2.75) is 69.6 Å². The van der Waals surface area contributed by atoms with Crippen LogP contribution in [0.25, 0.3) is 11.0 Å². The van der Waals surface area contributed by atoms with Gasteiger partial charge in [-0.25, -0.2) is 9.37 Å². The molecule has 0 bridgehead atoms. The van der Waals surface area contributed by atoms with Crippen LogP contribution in [0.2, 0.25) is 0 Å². The van der Waals surface area contributed by atoms with Gasteiger partial charge in [0.2, 0.25) is 0 Å². The fraction of sp³-hybridized carbons (Fsp3) is 0.500. The maximum absolute atomic E-state index is 14.5. The van der Waals surface area contributed by atoms with E-state index in [-0.39, 0.29) is 23.5 Å². The SMILES string of the molecule is CN(c1cc(=O)n(C)c2ccc(C#N)nc12)C1CCC(N(CC2CC2)c2ccc(F)c(OC3CC3)c2)CC1. The predicted molar refractivity (Wildman–Crippen MR) is 146 cm³/mol. The Morgan fingerprint density at radius 3 is 2.47 bits per heavy atom. The highest BCUT2D eigenvalue weighted by molar-refractivity contribution is 5.88. The first-order chi connectivity index (χ1) is 18.4. The number of fused-ring (bicyclic) bond motifs is 1. The second-order valence-electron chi connectivity index (χ2n) is 11.2. The van der Waals surface area contributed by atoms with Gasteiger partial charge in [0.1, 0.15) is 17.3 Å². The van der Waals surface area contributed by atoms with Crippen molar-refractivity contribution < 1.29 is 9.13 Å². The van der Waals surface area contributed by atoms with Crippen molar-refractivity contribution in [2.24, 2.45) is 13.0 Å². The fourth-order valence-corrected chi connectivity index (χ4v) is 5.77. The van der Waals surface area contributed by atoms with Crippen molar-refractivity contribution in [3.05, 3.63) is 58.3 Å². The molecule has 2 heterocycles. The summed E-state index contributed by atoms with van der Waals surface area (Å²) in [5, 5.41) is 9.39. The lowest BCUT2D eigenvalue weighted by Gasteiger charge is -2.41. The molecule has 198 valence electrons. The first-order valence-corrected chi connectivity index (χ1v) is 13.8. The number of rotatable bonds is 8. The number of aryl methyl sites for hydroxylation is 1. The van der Waals surface area contributed by atoms with E-state index >= 15 is 0 Å². The number of hydrogen-bond acceptors (Lipinski definition) is 6. The van der Waals surface area contributed by atoms with Crippen LogP contribution in [0.1, 0.15) is 57.1 Å². The topological polar surface area (TPSA) is 74.4 Å². The number of nitrogens with zero attached hydrogens (tertiary/aromatic N) is 5. The van der Waals surface area contributed by atoms with Gasteiger partial charge in [0, 0.05) is 50.5 Å². The standard InChI is InChI=1S/C30H34FN5O2/c1-34(27-16-29(37)35(2)26-14-5-20(17-32)33-30(26)27)21-6-8-22(9-7-21)36(18-19-3-4-19)23-10-13-25(31)28(15-23)38-24-11-12-24/h5,10,13-16,19,21-22,24H,3-4,6-9,11-12,18H2,1-2H3. The van der Waals surface area contributed by atoms with Gasteiger partial charge >= 0.3 is 0 Å². The Balaban J connectivity index is 1.22. The summed E-state index contributed by atoms with van der Waals surface area (Å²) in [5.74, 6) is 0.799. The number of hydrogen-bond donors (Lipinski definition) is 0. The molecule has 3 aliphatic carbocycles. The zero-order valence-corrected chi connectivity index (χ0v) is 22.1. The molecule has 6 rings (SSSR count). The van der Waals surface area contributed by atoms with Crippen LogP contribution in [0.3, 0.4) is 0 Å². The minimum Gasteiger partial charge on any atom is -0.487 e. The fourth-order valence-electron chi connectivity index (χ4n) is 5.77. The largest absolute Gasteiger partial charge is 0.487 e. The van der Waals surface area contributed by atoms with Crippen LogP contribution in [0.4, 0.5) is 15.8 Å². The Morgan fingerprint density at radius 1 is 1.05 bits per heavy atom. The highest BCUT2D eigenvalue weighted by Gasteiger charge is 2.33. The molecular formula is C30H34FN5O2. The van der Waals surface area contributed by atoms with E-state index in [1.165, 1.54) is 12.8 Å². The maximum atomic E-state index is 14.5. The smallest absolute Gasteiger partial charge is 0.252 e. The Labute approximate surface area is 222 Å².